The Labute approximate surface area is 121 Å². The summed E-state index contributed by atoms with van der Waals surface area (Å²) in [6.07, 6.45) is 1.92. The average Bonchev–Trinajstić information content (AvgIpc) is 2.33. The third-order valence-corrected chi connectivity index (χ3v) is 3.94. The standard InChI is InChI=1S/C14H19BrN2O2/c1-8-5-11(3-4-19-8)17-14(18)12-6-10(15)7-13(16)9(12)2/h6-8,11H,3-5,16H2,1-2H3,(H,17,18). The molecule has 0 bridgehead atoms. The van der Waals surface area contributed by atoms with Crippen molar-refractivity contribution in [3.05, 3.63) is 27.7 Å². The number of nitrogens with two attached hydrogens (primary N) is 1. The number of carbonyl (C=O) groups is 1. The maximum atomic E-state index is 12.3. The summed E-state index contributed by atoms with van der Waals surface area (Å²) in [5.41, 5.74) is 7.96. The van der Waals surface area contributed by atoms with E-state index in [9.17, 15) is 4.79 Å². The Balaban J connectivity index is 2.11. The molecule has 0 radical (unpaired) electrons. The first-order valence-electron chi connectivity index (χ1n) is 6.45. The van der Waals surface area contributed by atoms with Gasteiger partial charge in [-0.2, -0.15) is 0 Å². The zero-order chi connectivity index (χ0) is 14.0. The van der Waals surface area contributed by atoms with Crippen LogP contribution in [0.25, 0.3) is 0 Å². The number of ether oxygens (including phenoxy) is 1. The molecule has 5 heteroatoms. The smallest absolute Gasteiger partial charge is 0.251 e. The number of nitrogens with one attached hydrogen (secondary N) is 1. The van der Waals surface area contributed by atoms with Gasteiger partial charge in [0.15, 0.2) is 0 Å². The molecule has 0 spiro atoms. The van der Waals surface area contributed by atoms with E-state index in [1.54, 1.807) is 0 Å². The largest absolute Gasteiger partial charge is 0.398 e. The summed E-state index contributed by atoms with van der Waals surface area (Å²) in [7, 11) is 0. The van der Waals surface area contributed by atoms with Gasteiger partial charge in [-0.1, -0.05) is 15.9 Å². The molecule has 1 aromatic carbocycles. The number of hydrogen-bond donors (Lipinski definition) is 2. The van der Waals surface area contributed by atoms with Crippen molar-refractivity contribution < 1.29 is 9.53 Å². The molecule has 0 aromatic heterocycles. The number of carbonyl (C=O) groups excluding carboxylic acids is 1. The molecule has 1 amide bonds. The molecule has 1 aliphatic heterocycles. The molecular formula is C14H19BrN2O2. The maximum Gasteiger partial charge on any atom is 0.251 e. The van der Waals surface area contributed by atoms with E-state index in [1.807, 2.05) is 26.0 Å². The van der Waals surface area contributed by atoms with E-state index < -0.39 is 0 Å². The summed E-state index contributed by atoms with van der Waals surface area (Å²) in [6.45, 7) is 4.59. The summed E-state index contributed by atoms with van der Waals surface area (Å²) in [5, 5.41) is 3.07. The van der Waals surface area contributed by atoms with Gasteiger partial charge in [0.1, 0.15) is 0 Å². The highest BCUT2D eigenvalue weighted by molar-refractivity contribution is 9.10. The van der Waals surface area contributed by atoms with E-state index in [0.29, 0.717) is 17.9 Å². The van der Waals surface area contributed by atoms with Crippen molar-refractivity contribution in [2.75, 3.05) is 12.3 Å². The minimum atomic E-state index is -0.0652. The topological polar surface area (TPSA) is 64.4 Å². The minimum absolute atomic E-state index is 0.0652. The Kier molecular flexibility index (Phi) is 4.47. The molecule has 1 heterocycles. The minimum Gasteiger partial charge on any atom is -0.398 e. The van der Waals surface area contributed by atoms with Gasteiger partial charge in [0, 0.05) is 28.4 Å². The number of hydrogen-bond acceptors (Lipinski definition) is 3. The van der Waals surface area contributed by atoms with Crippen LogP contribution in [-0.4, -0.2) is 24.7 Å². The number of rotatable bonds is 2. The highest BCUT2D eigenvalue weighted by Crippen LogP contribution is 2.23. The van der Waals surface area contributed by atoms with Gasteiger partial charge in [-0.05, 0) is 44.4 Å². The second-order valence-electron chi connectivity index (χ2n) is 5.04. The van der Waals surface area contributed by atoms with Gasteiger partial charge >= 0.3 is 0 Å². The van der Waals surface area contributed by atoms with Crippen LogP contribution in [0.2, 0.25) is 0 Å². The van der Waals surface area contributed by atoms with Crippen molar-refractivity contribution in [3.8, 4) is 0 Å². The van der Waals surface area contributed by atoms with Crippen molar-refractivity contribution in [2.45, 2.75) is 38.8 Å². The van der Waals surface area contributed by atoms with E-state index in [4.69, 9.17) is 10.5 Å². The number of nitrogen functional groups attached to an aromatic ring is 1. The fourth-order valence-corrected chi connectivity index (χ4v) is 2.80. The second-order valence-corrected chi connectivity index (χ2v) is 5.96. The van der Waals surface area contributed by atoms with Crippen LogP contribution in [0.15, 0.2) is 16.6 Å². The SMILES string of the molecule is Cc1c(N)cc(Br)cc1C(=O)NC1CCOC(C)C1. The number of amides is 1. The highest BCUT2D eigenvalue weighted by Gasteiger charge is 2.22. The van der Waals surface area contributed by atoms with Gasteiger partial charge in [0.05, 0.1) is 6.10 Å². The third-order valence-electron chi connectivity index (χ3n) is 3.48. The summed E-state index contributed by atoms with van der Waals surface area (Å²) in [6, 6.07) is 3.79. The van der Waals surface area contributed by atoms with Crippen molar-refractivity contribution in [1.82, 2.24) is 5.32 Å². The Morgan fingerprint density at radius 1 is 1.53 bits per heavy atom. The van der Waals surface area contributed by atoms with Gasteiger partial charge in [-0.3, -0.25) is 4.79 Å². The first-order chi connectivity index (χ1) is 8.97. The van der Waals surface area contributed by atoms with Crippen LogP contribution in [0, 0.1) is 6.92 Å². The van der Waals surface area contributed by atoms with Crippen molar-refractivity contribution in [3.63, 3.8) is 0 Å². The van der Waals surface area contributed by atoms with Crippen molar-refractivity contribution in [2.24, 2.45) is 0 Å². The zero-order valence-electron chi connectivity index (χ0n) is 11.2. The average molecular weight is 327 g/mol. The molecule has 104 valence electrons. The lowest BCUT2D eigenvalue weighted by Crippen LogP contribution is -2.41. The predicted octanol–water partition coefficient (Wildman–Crippen LogP) is 2.64. The van der Waals surface area contributed by atoms with Crippen LogP contribution in [0.4, 0.5) is 5.69 Å². The van der Waals surface area contributed by atoms with Crippen LogP contribution in [0.1, 0.15) is 35.7 Å². The molecule has 0 aliphatic carbocycles. The molecule has 1 aromatic rings. The molecule has 1 saturated heterocycles. The molecule has 2 atom stereocenters. The van der Waals surface area contributed by atoms with Gasteiger partial charge in [-0.25, -0.2) is 0 Å². The zero-order valence-corrected chi connectivity index (χ0v) is 12.8. The Morgan fingerprint density at radius 3 is 2.95 bits per heavy atom. The molecule has 2 unspecified atom stereocenters. The van der Waals surface area contributed by atoms with Crippen LogP contribution >= 0.6 is 15.9 Å². The molecule has 1 aliphatic rings. The first kappa shape index (κ1) is 14.3. The van der Waals surface area contributed by atoms with Crippen LogP contribution < -0.4 is 11.1 Å². The van der Waals surface area contributed by atoms with Gasteiger partial charge < -0.3 is 15.8 Å². The molecule has 19 heavy (non-hydrogen) atoms. The van der Waals surface area contributed by atoms with Crippen molar-refractivity contribution >= 4 is 27.5 Å². The van der Waals surface area contributed by atoms with Crippen LogP contribution in [-0.2, 0) is 4.74 Å². The Morgan fingerprint density at radius 2 is 2.26 bits per heavy atom. The van der Waals surface area contributed by atoms with E-state index in [2.05, 4.69) is 21.2 Å². The van der Waals surface area contributed by atoms with Gasteiger partial charge in [-0.15, -0.1) is 0 Å². The summed E-state index contributed by atoms with van der Waals surface area (Å²) < 4.78 is 6.30. The number of anilines is 1. The number of benzene rings is 1. The molecule has 3 N–H and O–H groups in total. The summed E-state index contributed by atoms with van der Waals surface area (Å²) in [5.74, 6) is -0.0652. The normalized spacial score (nSPS) is 23.1. The monoisotopic (exact) mass is 326 g/mol. The fraction of sp³-hybridized carbons (Fsp3) is 0.500. The quantitative estimate of drug-likeness (QED) is 0.821. The molecule has 1 fully saturated rings. The van der Waals surface area contributed by atoms with Gasteiger partial charge in [0.2, 0.25) is 0 Å². The Bertz CT molecular complexity index is 491. The highest BCUT2D eigenvalue weighted by atomic mass is 79.9. The predicted molar refractivity (Wildman–Crippen MR) is 79.2 cm³/mol. The lowest BCUT2D eigenvalue weighted by molar-refractivity contribution is 0.0136. The fourth-order valence-electron chi connectivity index (χ4n) is 2.33. The van der Waals surface area contributed by atoms with Crippen LogP contribution in [0.3, 0.4) is 0 Å². The number of halogens is 1. The lowest BCUT2D eigenvalue weighted by Gasteiger charge is -2.28. The second kappa shape index (κ2) is 5.92. The molecule has 0 saturated carbocycles. The molecule has 4 nitrogen and oxygen atoms in total. The van der Waals surface area contributed by atoms with Crippen LogP contribution in [0.5, 0.6) is 0 Å². The molecule has 2 rings (SSSR count). The third kappa shape index (κ3) is 3.48. The Hall–Kier alpha value is -1.07. The van der Waals surface area contributed by atoms with E-state index >= 15 is 0 Å². The lowest BCUT2D eigenvalue weighted by atomic mass is 10.0. The summed E-state index contributed by atoms with van der Waals surface area (Å²) in [4.78, 5) is 12.3. The van der Waals surface area contributed by atoms with E-state index in [0.717, 1.165) is 22.9 Å². The molecular weight excluding hydrogens is 308 g/mol. The first-order valence-corrected chi connectivity index (χ1v) is 7.24. The van der Waals surface area contributed by atoms with E-state index in [-0.39, 0.29) is 18.1 Å². The van der Waals surface area contributed by atoms with Gasteiger partial charge in [0.25, 0.3) is 5.91 Å². The van der Waals surface area contributed by atoms with E-state index in [1.165, 1.54) is 0 Å². The maximum absolute atomic E-state index is 12.3. The summed E-state index contributed by atoms with van der Waals surface area (Å²) >= 11 is 3.37. The van der Waals surface area contributed by atoms with Crippen molar-refractivity contribution in [1.29, 1.82) is 0 Å².